The third kappa shape index (κ3) is 9.79. The number of methoxy groups -OCH3 is 1. The SMILES string of the molecule is C=CC/C=C\Cc1csc(C(C)(C)[C@H](C/C=C\C(=C)CCNC(=O)OC)OC(C)=O)n1. The first-order valence-electron chi connectivity index (χ1n) is 10.2. The Hall–Kier alpha value is -2.67. The molecule has 0 aliphatic rings. The van der Waals surface area contributed by atoms with Crippen molar-refractivity contribution < 1.29 is 19.1 Å². The Bertz CT molecular complexity index is 808. The number of nitrogens with one attached hydrogen (secondary N) is 1. The van der Waals surface area contributed by atoms with Gasteiger partial charge in [0.1, 0.15) is 11.1 Å². The van der Waals surface area contributed by atoms with Crippen LogP contribution in [-0.2, 0) is 26.1 Å². The molecule has 1 atom stereocenters. The van der Waals surface area contributed by atoms with Crippen LogP contribution in [0, 0.1) is 0 Å². The minimum Gasteiger partial charge on any atom is -0.461 e. The van der Waals surface area contributed by atoms with Crippen molar-refractivity contribution in [2.45, 2.75) is 58.0 Å². The summed E-state index contributed by atoms with van der Waals surface area (Å²) < 4.78 is 10.2. The molecular weight excluding hydrogens is 412 g/mol. The predicted octanol–water partition coefficient (Wildman–Crippen LogP) is 5.28. The van der Waals surface area contributed by atoms with E-state index in [0.29, 0.717) is 19.4 Å². The van der Waals surface area contributed by atoms with E-state index < -0.39 is 11.5 Å². The molecule has 0 aliphatic heterocycles. The molecule has 1 amide bonds. The smallest absolute Gasteiger partial charge is 0.406 e. The molecule has 0 unspecified atom stereocenters. The standard InChI is InChI=1S/C24H34N2O4S/c1-7-8-9-10-13-20-17-31-22(26-20)24(4,5)21(30-19(3)27)14-11-12-18(2)15-16-25-23(28)29-6/h7,9-12,17,21H,1-2,8,13-16H2,3-6H3,(H,25,28)/b10-9-,12-11-/t21-/m0/s1. The lowest BCUT2D eigenvalue weighted by atomic mass is 9.85. The van der Waals surface area contributed by atoms with Crippen LogP contribution in [0.15, 0.2) is 54.5 Å². The van der Waals surface area contributed by atoms with Crippen LogP contribution in [0.3, 0.4) is 0 Å². The fraction of sp³-hybridized carbons (Fsp3) is 0.458. The van der Waals surface area contributed by atoms with Gasteiger partial charge in [0, 0.05) is 31.7 Å². The molecule has 0 aromatic carbocycles. The van der Waals surface area contributed by atoms with E-state index in [2.05, 4.69) is 35.4 Å². The van der Waals surface area contributed by atoms with Crippen molar-refractivity contribution in [2.24, 2.45) is 0 Å². The molecule has 1 heterocycles. The number of esters is 1. The summed E-state index contributed by atoms with van der Waals surface area (Å²) in [4.78, 5) is 27.6. The highest BCUT2D eigenvalue weighted by Crippen LogP contribution is 2.34. The van der Waals surface area contributed by atoms with Crippen LogP contribution in [-0.4, -0.2) is 36.8 Å². The van der Waals surface area contributed by atoms with E-state index in [9.17, 15) is 9.59 Å². The van der Waals surface area contributed by atoms with Gasteiger partial charge >= 0.3 is 12.1 Å². The van der Waals surface area contributed by atoms with Crippen LogP contribution in [0.25, 0.3) is 0 Å². The van der Waals surface area contributed by atoms with Crippen molar-refractivity contribution in [3.63, 3.8) is 0 Å². The quantitative estimate of drug-likeness (QED) is 0.253. The number of hydrogen-bond donors (Lipinski definition) is 1. The third-order valence-electron chi connectivity index (χ3n) is 4.62. The number of amides is 1. The number of ether oxygens (including phenoxy) is 2. The lowest BCUT2D eigenvalue weighted by molar-refractivity contribution is -0.149. The fourth-order valence-corrected chi connectivity index (χ4v) is 3.76. The second-order valence-electron chi connectivity index (χ2n) is 7.63. The van der Waals surface area contributed by atoms with Crippen LogP contribution < -0.4 is 5.32 Å². The molecule has 1 aromatic heterocycles. The number of nitrogens with zero attached hydrogens (tertiary/aromatic N) is 1. The number of thiazole rings is 1. The Morgan fingerprint density at radius 1 is 1.32 bits per heavy atom. The summed E-state index contributed by atoms with van der Waals surface area (Å²) in [6, 6.07) is 0. The van der Waals surface area contributed by atoms with E-state index in [-0.39, 0.29) is 12.1 Å². The molecule has 1 aromatic rings. The van der Waals surface area contributed by atoms with E-state index in [1.165, 1.54) is 14.0 Å². The molecule has 7 heteroatoms. The minimum atomic E-state index is -0.465. The van der Waals surface area contributed by atoms with Gasteiger partial charge in [0.25, 0.3) is 0 Å². The third-order valence-corrected chi connectivity index (χ3v) is 5.85. The monoisotopic (exact) mass is 446 g/mol. The number of alkyl carbamates (subject to hydrolysis) is 1. The maximum atomic E-state index is 11.7. The lowest BCUT2D eigenvalue weighted by Gasteiger charge is -2.31. The molecule has 0 radical (unpaired) electrons. The zero-order valence-electron chi connectivity index (χ0n) is 19.0. The van der Waals surface area contributed by atoms with Gasteiger partial charge in [-0.05, 0) is 26.7 Å². The van der Waals surface area contributed by atoms with E-state index in [0.717, 1.165) is 29.1 Å². The summed E-state index contributed by atoms with van der Waals surface area (Å²) in [7, 11) is 1.33. The molecule has 0 bridgehead atoms. The van der Waals surface area contributed by atoms with Gasteiger partial charge in [-0.2, -0.15) is 0 Å². The van der Waals surface area contributed by atoms with Crippen LogP contribution in [0.4, 0.5) is 4.79 Å². The number of hydrogen-bond acceptors (Lipinski definition) is 6. The summed E-state index contributed by atoms with van der Waals surface area (Å²) in [6.07, 6.45) is 11.7. The molecule has 31 heavy (non-hydrogen) atoms. The van der Waals surface area contributed by atoms with Crippen LogP contribution in [0.1, 0.15) is 50.7 Å². The van der Waals surface area contributed by atoms with Crippen molar-refractivity contribution in [3.05, 3.63) is 65.2 Å². The highest BCUT2D eigenvalue weighted by Gasteiger charge is 2.35. The number of aromatic nitrogens is 1. The topological polar surface area (TPSA) is 77.5 Å². The Labute approximate surface area is 189 Å². The average Bonchev–Trinajstić information content (AvgIpc) is 3.20. The van der Waals surface area contributed by atoms with E-state index >= 15 is 0 Å². The molecule has 6 nitrogen and oxygen atoms in total. The Balaban J connectivity index is 2.77. The molecule has 0 saturated heterocycles. The van der Waals surface area contributed by atoms with Gasteiger partial charge in [-0.1, -0.05) is 42.5 Å². The zero-order valence-corrected chi connectivity index (χ0v) is 19.8. The summed E-state index contributed by atoms with van der Waals surface area (Å²) in [5.41, 5.74) is 1.41. The Kier molecular flexibility index (Phi) is 11.6. The van der Waals surface area contributed by atoms with Gasteiger partial charge in [0.2, 0.25) is 0 Å². The van der Waals surface area contributed by atoms with Crippen molar-refractivity contribution in [3.8, 4) is 0 Å². The van der Waals surface area contributed by atoms with Crippen LogP contribution in [0.2, 0.25) is 0 Å². The molecule has 170 valence electrons. The second-order valence-corrected chi connectivity index (χ2v) is 8.49. The zero-order chi connectivity index (χ0) is 23.3. The van der Waals surface area contributed by atoms with E-state index in [4.69, 9.17) is 9.72 Å². The number of rotatable bonds is 13. The molecule has 0 spiro atoms. The number of carbonyl (C=O) groups is 2. The Morgan fingerprint density at radius 3 is 2.71 bits per heavy atom. The number of carbonyl (C=O) groups excluding carboxylic acids is 2. The first-order chi connectivity index (χ1) is 14.7. The summed E-state index contributed by atoms with van der Waals surface area (Å²) >= 11 is 1.58. The minimum absolute atomic E-state index is 0.322. The molecule has 1 rings (SSSR count). The lowest BCUT2D eigenvalue weighted by Crippen LogP contribution is -2.37. The van der Waals surface area contributed by atoms with Gasteiger partial charge in [-0.3, -0.25) is 4.79 Å². The van der Waals surface area contributed by atoms with E-state index in [1.54, 1.807) is 11.3 Å². The first kappa shape index (κ1) is 26.4. The summed E-state index contributed by atoms with van der Waals surface area (Å²) in [6.45, 7) is 13.6. The predicted molar refractivity (Wildman–Crippen MR) is 126 cm³/mol. The molecular formula is C24H34N2O4S. The highest BCUT2D eigenvalue weighted by molar-refractivity contribution is 7.09. The summed E-state index contributed by atoms with van der Waals surface area (Å²) in [5, 5.41) is 5.59. The molecule has 0 aliphatic carbocycles. The molecule has 0 saturated carbocycles. The Morgan fingerprint density at radius 2 is 2.06 bits per heavy atom. The molecule has 1 N–H and O–H groups in total. The second kappa shape index (κ2) is 13.6. The normalized spacial score (nSPS) is 12.6. The maximum Gasteiger partial charge on any atom is 0.406 e. The number of allylic oxidation sites excluding steroid dienone is 4. The van der Waals surface area contributed by atoms with Gasteiger partial charge < -0.3 is 14.8 Å². The largest absolute Gasteiger partial charge is 0.461 e. The van der Waals surface area contributed by atoms with Crippen molar-refractivity contribution in [2.75, 3.05) is 13.7 Å². The van der Waals surface area contributed by atoms with Crippen molar-refractivity contribution >= 4 is 23.4 Å². The van der Waals surface area contributed by atoms with Gasteiger partial charge in [-0.25, -0.2) is 9.78 Å². The fourth-order valence-electron chi connectivity index (χ4n) is 2.76. The molecule has 0 fully saturated rings. The van der Waals surface area contributed by atoms with Gasteiger partial charge in [-0.15, -0.1) is 17.9 Å². The first-order valence-corrected chi connectivity index (χ1v) is 11.1. The van der Waals surface area contributed by atoms with Crippen LogP contribution in [0.5, 0.6) is 0 Å². The average molecular weight is 447 g/mol. The van der Waals surface area contributed by atoms with Crippen molar-refractivity contribution in [1.29, 1.82) is 0 Å². The van der Waals surface area contributed by atoms with Crippen molar-refractivity contribution in [1.82, 2.24) is 10.3 Å². The van der Waals surface area contributed by atoms with Gasteiger partial charge in [0.15, 0.2) is 0 Å². The van der Waals surface area contributed by atoms with Crippen LogP contribution >= 0.6 is 11.3 Å². The van der Waals surface area contributed by atoms with Gasteiger partial charge in [0.05, 0.1) is 18.2 Å². The summed E-state index contributed by atoms with van der Waals surface area (Å²) in [5.74, 6) is -0.322. The highest BCUT2D eigenvalue weighted by atomic mass is 32.1. The van der Waals surface area contributed by atoms with E-state index in [1.807, 2.05) is 37.5 Å². The maximum absolute atomic E-state index is 11.7.